The van der Waals surface area contributed by atoms with Crippen molar-refractivity contribution in [3.8, 4) is 28.6 Å². The van der Waals surface area contributed by atoms with Crippen LogP contribution >= 0.6 is 0 Å². The number of anilines is 4. The molecule has 2 N–H and O–H groups in total. The van der Waals surface area contributed by atoms with Crippen LogP contribution in [0, 0.1) is 18.8 Å². The molecule has 0 bridgehead atoms. The number of nitrogens with one attached hydrogen (secondary N) is 2. The van der Waals surface area contributed by atoms with Crippen molar-refractivity contribution in [3.05, 3.63) is 260 Å². The SMILES string of the molecule is [2H]C([2H])([2H])n1c(-n2c3[c-]c(Oc4[c-]c(N5[CH-]N(c6c(/C7=C/C=C\N/C=C\C=C/[B]7)cc(C(C)(C)C)cc6/C6=C/C=C\N/C=C\C=C/[B]6)c6ccccc65)cc(-c5ccccc5)c4)ccc3c3cc(C(C)(C)C)ccc32)nc2ccccc21.[Pt]. The topological polar surface area (TPSA) is 62.5 Å². The van der Waals surface area contributed by atoms with Crippen molar-refractivity contribution in [2.24, 2.45) is 6.98 Å². The molecule has 0 amide bonds. The third-order valence-electron chi connectivity index (χ3n) is 14.5. The summed E-state index contributed by atoms with van der Waals surface area (Å²) < 4.78 is 36.7. The minimum Gasteiger partial charge on any atom is -0.509 e. The van der Waals surface area contributed by atoms with Crippen molar-refractivity contribution < 1.29 is 29.9 Å². The maximum absolute atomic E-state index is 8.80. The van der Waals surface area contributed by atoms with Crippen molar-refractivity contribution in [1.29, 1.82) is 0 Å². The van der Waals surface area contributed by atoms with Crippen LogP contribution in [-0.4, -0.2) is 28.7 Å². The number of rotatable bonds is 8. The summed E-state index contributed by atoms with van der Waals surface area (Å²) >= 11 is 0. The Hall–Kier alpha value is -8.45. The molecular weight excluding hydrogens is 1160 g/mol. The summed E-state index contributed by atoms with van der Waals surface area (Å²) in [6.07, 6.45) is 24.1. The van der Waals surface area contributed by atoms with Gasteiger partial charge in [-0.1, -0.05) is 149 Å². The quantitative estimate of drug-likeness (QED) is 0.117. The number of benzene rings is 7. The molecule has 0 aliphatic carbocycles. The summed E-state index contributed by atoms with van der Waals surface area (Å²) in [5.74, 6) is 5.31. The van der Waals surface area contributed by atoms with Gasteiger partial charge in [0.25, 0.3) is 0 Å². The van der Waals surface area contributed by atoms with Gasteiger partial charge in [0.15, 0.2) is 14.6 Å². The predicted octanol–water partition coefficient (Wildman–Crippen LogP) is 16.1. The summed E-state index contributed by atoms with van der Waals surface area (Å²) in [6.45, 7) is 13.0. The first kappa shape index (κ1) is 49.8. The van der Waals surface area contributed by atoms with E-state index >= 15 is 0 Å². The van der Waals surface area contributed by atoms with Gasteiger partial charge in [0.05, 0.1) is 11.0 Å². The Morgan fingerprint density at radius 1 is 0.575 bits per heavy atom. The molecule has 2 radical (unpaired) electrons. The number of hydrogen-bond acceptors (Lipinski definition) is 6. The van der Waals surface area contributed by atoms with Gasteiger partial charge < -0.3 is 34.3 Å². The molecule has 396 valence electrons. The van der Waals surface area contributed by atoms with Gasteiger partial charge in [-0.2, -0.15) is 6.07 Å². The van der Waals surface area contributed by atoms with E-state index in [1.54, 1.807) is 6.07 Å². The molecule has 0 spiro atoms. The molecule has 8 nitrogen and oxygen atoms in total. The van der Waals surface area contributed by atoms with Gasteiger partial charge in [0.1, 0.15) is 0 Å². The van der Waals surface area contributed by atoms with Crippen molar-refractivity contribution in [2.45, 2.75) is 52.4 Å². The van der Waals surface area contributed by atoms with Crippen LogP contribution in [0.25, 0.3) is 60.9 Å². The molecule has 80 heavy (non-hydrogen) atoms. The van der Waals surface area contributed by atoms with Crippen LogP contribution < -0.4 is 25.2 Å². The second-order valence-corrected chi connectivity index (χ2v) is 21.9. The number of ether oxygens (including phenoxy) is 1. The number of aromatic nitrogens is 3. The maximum atomic E-state index is 8.80. The van der Waals surface area contributed by atoms with Crippen molar-refractivity contribution in [1.82, 2.24) is 24.8 Å². The minimum atomic E-state index is -2.54. The smallest absolute Gasteiger partial charge is 0.213 e. The first-order valence-corrected chi connectivity index (χ1v) is 26.7. The molecule has 3 aliphatic heterocycles. The minimum absolute atomic E-state index is 0. The van der Waals surface area contributed by atoms with Gasteiger partial charge in [0.2, 0.25) is 5.95 Å². The number of para-hydroxylation sites is 4. The van der Waals surface area contributed by atoms with Crippen molar-refractivity contribution >= 4 is 81.1 Å². The van der Waals surface area contributed by atoms with Gasteiger partial charge >= 0.3 is 0 Å². The van der Waals surface area contributed by atoms with E-state index in [4.69, 9.17) is 13.8 Å². The second-order valence-electron chi connectivity index (χ2n) is 21.9. The third kappa shape index (κ3) is 10.6. The summed E-state index contributed by atoms with van der Waals surface area (Å²) in [6, 6.07) is 52.7. The summed E-state index contributed by atoms with van der Waals surface area (Å²) in [4.78, 5) is 9.52. The molecule has 12 rings (SSSR count). The Labute approximate surface area is 490 Å². The first-order valence-electron chi connectivity index (χ1n) is 28.2. The van der Waals surface area contributed by atoms with Crippen LogP contribution in [-0.2, 0) is 38.9 Å². The van der Waals surface area contributed by atoms with E-state index in [2.05, 4.69) is 192 Å². The van der Waals surface area contributed by atoms with Crippen LogP contribution in [0.4, 0.5) is 22.7 Å². The van der Waals surface area contributed by atoms with Crippen LogP contribution in [0.1, 0.15) is 67.9 Å². The standard InChI is InChI=1S/C69H60B2N7O.Pt/c1-68(2,3)49-29-32-61-55(41-49)54-31-30-52(45-65(54)78(61)67-74-60-25-11-12-26-62(60)75(67)7)79-53-40-48(47-21-9-8-10-22-47)39-51(44-53)76-46-77(64-28-14-13-27-63(64)76)66-56(58-23-19-37-72-35-17-15-33-70-58)42-50(69(4,5)6)43-57(66)59-24-20-38-73-36-18-16-34-71-59;/h8-43,46,72-73H,1-7H3;/q-3;/b33-15-,34-16-,35-17-,36-18-,37-19-,38-20-,58-23-,59-24-;/i7D3;. The van der Waals surface area contributed by atoms with Crippen LogP contribution in [0.5, 0.6) is 11.5 Å². The van der Waals surface area contributed by atoms with Crippen LogP contribution in [0.3, 0.4) is 0 Å². The fourth-order valence-corrected chi connectivity index (χ4v) is 10.4. The van der Waals surface area contributed by atoms with Gasteiger partial charge in [0, 0.05) is 91.0 Å². The molecule has 0 unspecified atom stereocenters. The number of aryl methyl sites for hydroxylation is 1. The number of fused-ring (bicyclic) bond motifs is 5. The molecule has 9 aromatic rings. The monoisotopic (exact) mass is 1220 g/mol. The zero-order valence-electron chi connectivity index (χ0n) is 48.5. The van der Waals surface area contributed by atoms with E-state index in [1.807, 2.05) is 120 Å². The van der Waals surface area contributed by atoms with E-state index in [-0.39, 0.29) is 37.8 Å². The normalized spacial score (nSPS) is 18.9. The van der Waals surface area contributed by atoms with E-state index in [0.29, 0.717) is 28.0 Å². The molecule has 5 heterocycles. The molecular formula is C69H60B2N7OPt-3. The largest absolute Gasteiger partial charge is 0.509 e. The van der Waals surface area contributed by atoms with Crippen LogP contribution in [0.2, 0.25) is 0 Å². The van der Waals surface area contributed by atoms with Crippen LogP contribution in [0.15, 0.2) is 219 Å². The number of hydrogen-bond donors (Lipinski definition) is 2. The summed E-state index contributed by atoms with van der Waals surface area (Å²) in [7, 11) is 4.35. The van der Waals surface area contributed by atoms with E-state index in [1.165, 1.54) is 10.1 Å². The second kappa shape index (κ2) is 22.4. The Kier molecular flexibility index (Phi) is 13.9. The molecule has 7 aromatic carbocycles. The average Bonchev–Trinajstić information content (AvgIpc) is 2.27. The third-order valence-corrected chi connectivity index (χ3v) is 14.5. The Bertz CT molecular complexity index is 4140. The average molecular weight is 1220 g/mol. The Morgan fingerprint density at radius 3 is 1.89 bits per heavy atom. The molecule has 3 aliphatic rings. The molecule has 2 aromatic heterocycles. The van der Waals surface area contributed by atoms with E-state index in [9.17, 15) is 0 Å². The molecule has 0 atom stereocenters. The van der Waals surface area contributed by atoms with Crippen molar-refractivity contribution in [2.75, 3.05) is 9.80 Å². The van der Waals surface area contributed by atoms with Gasteiger partial charge in [-0.15, -0.1) is 65.6 Å². The zero-order valence-corrected chi connectivity index (χ0v) is 47.7. The van der Waals surface area contributed by atoms with Gasteiger partial charge in [-0.05, 0) is 111 Å². The molecule has 0 saturated heterocycles. The molecule has 0 fully saturated rings. The molecule has 0 saturated carbocycles. The van der Waals surface area contributed by atoms with E-state index < -0.39 is 6.98 Å². The van der Waals surface area contributed by atoms with E-state index in [0.717, 1.165) is 77.8 Å². The number of allylic oxidation sites excluding steroid dienone is 8. The number of imidazole rings is 1. The molecule has 11 heteroatoms. The summed E-state index contributed by atoms with van der Waals surface area (Å²) in [5.41, 5.74) is 14.2. The number of nitrogens with zero attached hydrogens (tertiary/aromatic N) is 5. The van der Waals surface area contributed by atoms with Crippen molar-refractivity contribution in [3.63, 3.8) is 0 Å². The Balaban J connectivity index is 0.00000721. The Morgan fingerprint density at radius 2 is 1.21 bits per heavy atom. The maximum Gasteiger partial charge on any atom is 0.213 e. The van der Waals surface area contributed by atoms with Gasteiger partial charge in [-0.3, -0.25) is 0 Å². The fraction of sp³-hybridized carbons (Fsp3) is 0.130. The fourth-order valence-electron chi connectivity index (χ4n) is 10.4. The zero-order chi connectivity index (χ0) is 56.8. The van der Waals surface area contributed by atoms with Gasteiger partial charge in [-0.25, -0.2) is 4.98 Å². The predicted molar refractivity (Wildman–Crippen MR) is 332 cm³/mol. The first-order chi connectivity index (χ1) is 39.6. The summed E-state index contributed by atoms with van der Waals surface area (Å²) in [5, 5.41) is 8.36.